The van der Waals surface area contributed by atoms with Gasteiger partial charge in [-0.05, 0) is 29.5 Å². The lowest BCUT2D eigenvalue weighted by Gasteiger charge is -2.13. The van der Waals surface area contributed by atoms with E-state index in [9.17, 15) is 0 Å². The first-order valence-electron chi connectivity index (χ1n) is 9.36. The van der Waals surface area contributed by atoms with E-state index in [1.165, 1.54) is 0 Å². The highest BCUT2D eigenvalue weighted by molar-refractivity contribution is 6.01. The molecule has 0 amide bonds. The van der Waals surface area contributed by atoms with Gasteiger partial charge < -0.3 is 19.4 Å². The third-order valence-corrected chi connectivity index (χ3v) is 4.92. The van der Waals surface area contributed by atoms with E-state index < -0.39 is 0 Å². The fourth-order valence-electron chi connectivity index (χ4n) is 3.52. The number of rotatable bonds is 6. The first-order chi connectivity index (χ1) is 13.9. The van der Waals surface area contributed by atoms with Crippen molar-refractivity contribution >= 4 is 16.6 Å². The number of hydrogen-bond donors (Lipinski definition) is 1. The monoisotopic (exact) mass is 372 g/mol. The van der Waals surface area contributed by atoms with Crippen LogP contribution in [0, 0.1) is 0 Å². The van der Waals surface area contributed by atoms with Crippen LogP contribution >= 0.6 is 0 Å². The molecule has 0 aliphatic carbocycles. The van der Waals surface area contributed by atoms with Crippen molar-refractivity contribution in [1.29, 1.82) is 0 Å². The first-order valence-corrected chi connectivity index (χ1v) is 9.36. The highest BCUT2D eigenvalue weighted by Gasteiger charge is 2.15. The van der Waals surface area contributed by atoms with Crippen LogP contribution in [0.4, 0.5) is 5.82 Å². The summed E-state index contributed by atoms with van der Waals surface area (Å²) in [5, 5.41) is 5.75. The summed E-state index contributed by atoms with van der Waals surface area (Å²) in [5.74, 6) is 2.48. The number of aryl methyl sites for hydroxylation is 1. The molecule has 0 spiro atoms. The van der Waals surface area contributed by atoms with E-state index in [1.807, 2.05) is 36.9 Å². The molecule has 2 aromatic carbocycles. The Morgan fingerprint density at radius 1 is 1.04 bits per heavy atom. The maximum absolute atomic E-state index is 5.53. The third kappa shape index (κ3) is 3.13. The van der Waals surface area contributed by atoms with Crippen molar-refractivity contribution in [2.24, 2.45) is 0 Å². The molecule has 1 N–H and O–H groups in total. The number of nitrogens with zero attached hydrogens (tertiary/aromatic N) is 3. The largest absolute Gasteiger partial charge is 0.454 e. The minimum absolute atomic E-state index is 0.277. The third-order valence-electron chi connectivity index (χ3n) is 4.92. The molecular weight excluding hydrogens is 352 g/mol. The standard InChI is InChI=1S/C22H20N4O2/c1-2-5-18-17(4-1)19(16-6-7-20-21(12-16)28-15-27-20)13-25-22(18)24-8-3-10-26-11-9-23-14-26/h1-2,4-7,9,11-14H,3,8,10,15H2,(H,24,25). The molecule has 0 unspecified atom stereocenters. The van der Waals surface area contributed by atoms with Crippen LogP contribution in [0.1, 0.15) is 6.42 Å². The van der Waals surface area contributed by atoms with Crippen LogP contribution < -0.4 is 14.8 Å². The smallest absolute Gasteiger partial charge is 0.231 e. The molecule has 28 heavy (non-hydrogen) atoms. The number of anilines is 1. The predicted molar refractivity (Wildman–Crippen MR) is 109 cm³/mol. The van der Waals surface area contributed by atoms with Gasteiger partial charge in [0, 0.05) is 42.6 Å². The number of benzene rings is 2. The highest BCUT2D eigenvalue weighted by Crippen LogP contribution is 2.38. The highest BCUT2D eigenvalue weighted by atomic mass is 16.7. The number of fused-ring (bicyclic) bond motifs is 2. The molecule has 0 bridgehead atoms. The maximum Gasteiger partial charge on any atom is 0.231 e. The summed E-state index contributed by atoms with van der Waals surface area (Å²) < 4.78 is 13.0. The second kappa shape index (κ2) is 7.23. The van der Waals surface area contributed by atoms with Gasteiger partial charge in [0.05, 0.1) is 6.33 Å². The molecule has 3 heterocycles. The fraction of sp³-hybridized carbons (Fsp3) is 0.182. The van der Waals surface area contributed by atoms with Gasteiger partial charge >= 0.3 is 0 Å². The first kappa shape index (κ1) is 16.6. The van der Waals surface area contributed by atoms with Crippen molar-refractivity contribution in [3.05, 3.63) is 67.4 Å². The zero-order valence-electron chi connectivity index (χ0n) is 15.3. The normalized spacial score (nSPS) is 12.4. The molecule has 0 saturated heterocycles. The number of ether oxygens (including phenoxy) is 2. The van der Waals surface area contributed by atoms with Gasteiger partial charge in [-0.1, -0.05) is 30.3 Å². The molecule has 5 rings (SSSR count). The molecule has 2 aromatic heterocycles. The van der Waals surface area contributed by atoms with Gasteiger partial charge in [0.2, 0.25) is 6.79 Å². The van der Waals surface area contributed by atoms with Gasteiger partial charge in [0.1, 0.15) is 5.82 Å². The Bertz CT molecular complexity index is 1110. The predicted octanol–water partition coefficient (Wildman–Crippen LogP) is 4.33. The Morgan fingerprint density at radius 2 is 1.93 bits per heavy atom. The molecular formula is C22H20N4O2. The molecule has 1 aliphatic rings. The van der Waals surface area contributed by atoms with Crippen LogP contribution in [-0.2, 0) is 6.54 Å². The van der Waals surface area contributed by atoms with E-state index in [1.54, 1.807) is 6.20 Å². The maximum atomic E-state index is 5.53. The number of nitrogens with one attached hydrogen (secondary N) is 1. The van der Waals surface area contributed by atoms with Crippen molar-refractivity contribution in [3.8, 4) is 22.6 Å². The molecule has 0 fully saturated rings. The van der Waals surface area contributed by atoms with Crippen LogP contribution in [-0.4, -0.2) is 27.9 Å². The summed E-state index contributed by atoms with van der Waals surface area (Å²) >= 11 is 0. The second-order valence-electron chi connectivity index (χ2n) is 6.71. The van der Waals surface area contributed by atoms with E-state index in [4.69, 9.17) is 14.5 Å². The van der Waals surface area contributed by atoms with E-state index in [2.05, 4.69) is 39.1 Å². The van der Waals surface area contributed by atoms with Crippen molar-refractivity contribution in [2.45, 2.75) is 13.0 Å². The number of pyridine rings is 1. The molecule has 0 saturated carbocycles. The zero-order chi connectivity index (χ0) is 18.8. The summed E-state index contributed by atoms with van der Waals surface area (Å²) in [6.07, 6.45) is 8.55. The topological polar surface area (TPSA) is 61.2 Å². The average molecular weight is 372 g/mol. The van der Waals surface area contributed by atoms with Gasteiger partial charge in [-0.25, -0.2) is 9.97 Å². The van der Waals surface area contributed by atoms with Crippen LogP contribution in [0.15, 0.2) is 67.4 Å². The average Bonchev–Trinajstić information content (AvgIpc) is 3.42. The summed E-state index contributed by atoms with van der Waals surface area (Å²) in [5.41, 5.74) is 2.15. The van der Waals surface area contributed by atoms with E-state index >= 15 is 0 Å². The Labute approximate surface area is 162 Å². The van der Waals surface area contributed by atoms with Crippen molar-refractivity contribution in [3.63, 3.8) is 0 Å². The quantitative estimate of drug-likeness (QED) is 0.511. The van der Waals surface area contributed by atoms with Crippen LogP contribution in [0.3, 0.4) is 0 Å². The molecule has 140 valence electrons. The molecule has 0 radical (unpaired) electrons. The van der Waals surface area contributed by atoms with E-state index in [0.29, 0.717) is 0 Å². The van der Waals surface area contributed by atoms with E-state index in [0.717, 1.165) is 58.7 Å². The fourth-order valence-corrected chi connectivity index (χ4v) is 3.52. The van der Waals surface area contributed by atoms with Gasteiger partial charge in [0.25, 0.3) is 0 Å². The Morgan fingerprint density at radius 3 is 2.82 bits per heavy atom. The summed E-state index contributed by atoms with van der Waals surface area (Å²) in [6.45, 7) is 2.05. The van der Waals surface area contributed by atoms with Crippen molar-refractivity contribution < 1.29 is 9.47 Å². The zero-order valence-corrected chi connectivity index (χ0v) is 15.3. The Kier molecular flexibility index (Phi) is 4.29. The van der Waals surface area contributed by atoms with Gasteiger partial charge in [0.15, 0.2) is 11.5 Å². The minimum atomic E-state index is 0.277. The van der Waals surface area contributed by atoms with E-state index in [-0.39, 0.29) is 6.79 Å². The second-order valence-corrected chi connectivity index (χ2v) is 6.71. The molecule has 6 heteroatoms. The lowest BCUT2D eigenvalue weighted by atomic mass is 10.00. The lowest BCUT2D eigenvalue weighted by molar-refractivity contribution is 0.174. The van der Waals surface area contributed by atoms with Gasteiger partial charge in [-0.2, -0.15) is 0 Å². The Balaban J connectivity index is 1.41. The van der Waals surface area contributed by atoms with Crippen molar-refractivity contribution in [1.82, 2.24) is 14.5 Å². The molecule has 6 nitrogen and oxygen atoms in total. The minimum Gasteiger partial charge on any atom is -0.454 e. The van der Waals surface area contributed by atoms with Crippen LogP contribution in [0.25, 0.3) is 21.9 Å². The molecule has 0 atom stereocenters. The number of hydrogen-bond acceptors (Lipinski definition) is 5. The Hall–Kier alpha value is -3.54. The SMILES string of the molecule is c1ccc2c(NCCCn3ccnc3)ncc(-c3ccc4c(c3)OCO4)c2c1. The summed E-state index contributed by atoms with van der Waals surface area (Å²) in [6, 6.07) is 14.4. The molecule has 4 aromatic rings. The molecule has 1 aliphatic heterocycles. The number of imidazole rings is 1. The van der Waals surface area contributed by atoms with Crippen molar-refractivity contribution in [2.75, 3.05) is 18.7 Å². The lowest BCUT2D eigenvalue weighted by Crippen LogP contribution is -2.07. The van der Waals surface area contributed by atoms with Gasteiger partial charge in [-0.15, -0.1) is 0 Å². The van der Waals surface area contributed by atoms with Gasteiger partial charge in [-0.3, -0.25) is 0 Å². The number of aromatic nitrogens is 3. The summed E-state index contributed by atoms with van der Waals surface area (Å²) in [7, 11) is 0. The van der Waals surface area contributed by atoms with Crippen LogP contribution in [0.5, 0.6) is 11.5 Å². The van der Waals surface area contributed by atoms with Crippen LogP contribution in [0.2, 0.25) is 0 Å². The summed E-state index contributed by atoms with van der Waals surface area (Å²) in [4.78, 5) is 8.78.